The first-order valence-corrected chi connectivity index (χ1v) is 5.15. The van der Waals surface area contributed by atoms with Gasteiger partial charge in [-0.25, -0.2) is 9.59 Å². The van der Waals surface area contributed by atoms with Crippen LogP contribution in [0.4, 0.5) is 0 Å². The van der Waals surface area contributed by atoms with Crippen LogP contribution in [0.15, 0.2) is 0 Å². The molecule has 0 spiro atoms. The van der Waals surface area contributed by atoms with E-state index in [0.717, 1.165) is 0 Å². The van der Waals surface area contributed by atoms with E-state index < -0.39 is 28.9 Å². The van der Waals surface area contributed by atoms with E-state index >= 15 is 0 Å². The molecule has 0 fully saturated rings. The minimum atomic E-state index is -1.02. The smallest absolute Gasteiger partial charge is 0.451 e. The molecule has 0 aliphatic rings. The summed E-state index contributed by atoms with van der Waals surface area (Å²) in [6.07, 6.45) is 0. The molecule has 0 N–H and O–H groups in total. The lowest BCUT2D eigenvalue weighted by Crippen LogP contribution is -2.37. The largest absolute Gasteiger partial charge is 0.482 e. The van der Waals surface area contributed by atoms with Gasteiger partial charge >= 0.3 is 17.7 Å². The van der Waals surface area contributed by atoms with Crippen molar-refractivity contribution in [2.24, 2.45) is 0 Å². The zero-order chi connectivity index (χ0) is 13.9. The number of rotatable bonds is 2. The molecule has 0 unspecified atom stereocenters. The summed E-state index contributed by atoms with van der Waals surface area (Å²) in [5, 5.41) is 0. The van der Waals surface area contributed by atoms with Crippen molar-refractivity contribution in [3.05, 3.63) is 5.53 Å². The Labute approximate surface area is 101 Å². The van der Waals surface area contributed by atoms with Crippen LogP contribution in [0.1, 0.15) is 41.5 Å². The third kappa shape index (κ3) is 6.48. The van der Waals surface area contributed by atoms with Crippen LogP contribution in [-0.2, 0) is 19.1 Å². The van der Waals surface area contributed by atoms with E-state index in [9.17, 15) is 9.59 Å². The molecule has 0 aromatic rings. The fourth-order valence-corrected chi connectivity index (χ4v) is 0.818. The van der Waals surface area contributed by atoms with Gasteiger partial charge in [0.25, 0.3) is 0 Å². The zero-order valence-electron chi connectivity index (χ0n) is 11.0. The van der Waals surface area contributed by atoms with Crippen LogP contribution >= 0.6 is 0 Å². The third-order valence-electron chi connectivity index (χ3n) is 1.28. The summed E-state index contributed by atoms with van der Waals surface area (Å²) >= 11 is 0. The Hall–Kier alpha value is -1.68. The van der Waals surface area contributed by atoms with Crippen molar-refractivity contribution in [2.45, 2.75) is 52.7 Å². The Morgan fingerprint density at radius 1 is 0.882 bits per heavy atom. The van der Waals surface area contributed by atoms with Crippen molar-refractivity contribution >= 4 is 17.7 Å². The van der Waals surface area contributed by atoms with Crippen molar-refractivity contribution in [3.63, 3.8) is 0 Å². The molecule has 96 valence electrons. The molecule has 0 saturated carbocycles. The van der Waals surface area contributed by atoms with E-state index in [2.05, 4.69) is 4.79 Å². The fraction of sp³-hybridized carbons (Fsp3) is 0.727. The molecule has 0 radical (unpaired) electrons. The van der Waals surface area contributed by atoms with Crippen LogP contribution in [0.2, 0.25) is 0 Å². The highest BCUT2D eigenvalue weighted by atomic mass is 16.6. The average molecular weight is 242 g/mol. The Morgan fingerprint density at radius 3 is 1.35 bits per heavy atom. The Bertz CT molecular complexity index is 338. The normalized spacial score (nSPS) is 11.4. The Kier molecular flexibility index (Phi) is 4.60. The number of nitrogens with zero attached hydrogens (tertiary/aromatic N) is 2. The molecule has 0 saturated heterocycles. The van der Waals surface area contributed by atoms with E-state index in [1.807, 2.05) is 0 Å². The minimum absolute atomic E-state index is 0.769. The van der Waals surface area contributed by atoms with Crippen molar-refractivity contribution in [2.75, 3.05) is 0 Å². The molecule has 6 heteroatoms. The molecule has 0 aliphatic heterocycles. The van der Waals surface area contributed by atoms with Crippen LogP contribution in [-0.4, -0.2) is 33.6 Å². The Morgan fingerprint density at radius 2 is 1.18 bits per heavy atom. The van der Waals surface area contributed by atoms with Gasteiger partial charge in [-0.2, -0.15) is 4.79 Å². The first-order chi connectivity index (χ1) is 7.46. The number of carbonyl (C=O) groups is 2. The van der Waals surface area contributed by atoms with Gasteiger partial charge in [0, 0.05) is 0 Å². The molecule has 0 amide bonds. The first-order valence-electron chi connectivity index (χ1n) is 5.15. The topological polar surface area (TPSA) is 89.0 Å². The van der Waals surface area contributed by atoms with Crippen molar-refractivity contribution in [3.8, 4) is 0 Å². The minimum Gasteiger partial charge on any atom is -0.451 e. The maximum atomic E-state index is 11.5. The van der Waals surface area contributed by atoms with Gasteiger partial charge in [0.05, 0.1) is 0 Å². The molecule has 0 aromatic carbocycles. The lowest BCUT2D eigenvalue weighted by molar-refractivity contribution is -0.160. The van der Waals surface area contributed by atoms with Crippen LogP contribution in [0.5, 0.6) is 0 Å². The standard InChI is InChI=1S/C11H18N2O4/c1-10(2,3)16-8(14)7(13-12)9(15)17-11(4,5)6/h1-6H3. The molecular weight excluding hydrogens is 224 g/mol. The summed E-state index contributed by atoms with van der Waals surface area (Å²) in [4.78, 5) is 25.6. The van der Waals surface area contributed by atoms with Gasteiger partial charge in [0.2, 0.25) is 0 Å². The van der Waals surface area contributed by atoms with Crippen molar-refractivity contribution < 1.29 is 23.9 Å². The first kappa shape index (κ1) is 15.3. The summed E-state index contributed by atoms with van der Waals surface area (Å²) in [7, 11) is 0. The maximum Gasteiger partial charge on any atom is 0.482 e. The number of carbonyl (C=O) groups excluding carboxylic acids is 2. The number of hydrogen-bond donors (Lipinski definition) is 0. The second kappa shape index (κ2) is 5.10. The summed E-state index contributed by atoms with van der Waals surface area (Å²) < 4.78 is 9.79. The highest BCUT2D eigenvalue weighted by molar-refractivity contribution is 6.60. The van der Waals surface area contributed by atoms with Gasteiger partial charge < -0.3 is 15.0 Å². The third-order valence-corrected chi connectivity index (χ3v) is 1.28. The number of hydrogen-bond acceptors (Lipinski definition) is 4. The molecule has 0 rings (SSSR count). The summed E-state index contributed by atoms with van der Waals surface area (Å²) in [5.41, 5.74) is 6.31. The van der Waals surface area contributed by atoms with Crippen LogP contribution in [0.3, 0.4) is 0 Å². The lowest BCUT2D eigenvalue weighted by Gasteiger charge is -2.19. The van der Waals surface area contributed by atoms with Crippen molar-refractivity contribution in [1.82, 2.24) is 0 Å². The average Bonchev–Trinajstić information content (AvgIpc) is 1.96. The molecule has 0 aliphatic carbocycles. The lowest BCUT2D eigenvalue weighted by atomic mass is 10.2. The summed E-state index contributed by atoms with van der Waals surface area (Å²) in [5.74, 6) is -2.04. The summed E-state index contributed by atoms with van der Waals surface area (Å²) in [6, 6.07) is 0. The van der Waals surface area contributed by atoms with Gasteiger partial charge in [-0.3, -0.25) is 0 Å². The second-order valence-electron chi connectivity index (χ2n) is 5.45. The monoisotopic (exact) mass is 242 g/mol. The van der Waals surface area contributed by atoms with Gasteiger partial charge in [0.15, 0.2) is 0 Å². The summed E-state index contributed by atoms with van der Waals surface area (Å²) in [6.45, 7) is 9.80. The molecule has 17 heavy (non-hydrogen) atoms. The fourth-order valence-electron chi connectivity index (χ4n) is 0.818. The van der Waals surface area contributed by atoms with Crippen LogP contribution in [0, 0.1) is 0 Å². The number of ether oxygens (including phenoxy) is 2. The SMILES string of the molecule is CC(C)(C)OC(=O)C(=[N+]=[N-])C(=O)OC(C)(C)C. The van der Waals surface area contributed by atoms with E-state index in [0.29, 0.717) is 0 Å². The van der Waals surface area contributed by atoms with Crippen LogP contribution in [0.25, 0.3) is 5.53 Å². The molecule has 6 nitrogen and oxygen atoms in total. The predicted molar refractivity (Wildman–Crippen MR) is 60.3 cm³/mol. The predicted octanol–water partition coefficient (Wildman–Crippen LogP) is 1.34. The number of esters is 2. The van der Waals surface area contributed by atoms with Gasteiger partial charge in [-0.1, -0.05) is 0 Å². The maximum absolute atomic E-state index is 11.5. The molecule has 0 bridgehead atoms. The van der Waals surface area contributed by atoms with E-state index in [-0.39, 0.29) is 0 Å². The quantitative estimate of drug-likeness (QED) is 0.240. The van der Waals surface area contributed by atoms with Crippen LogP contribution < -0.4 is 0 Å². The van der Waals surface area contributed by atoms with Gasteiger partial charge in [-0.05, 0) is 41.5 Å². The van der Waals surface area contributed by atoms with E-state index in [1.165, 1.54) is 0 Å². The molecule has 0 atom stereocenters. The highest BCUT2D eigenvalue weighted by Crippen LogP contribution is 2.10. The highest BCUT2D eigenvalue weighted by Gasteiger charge is 2.38. The van der Waals surface area contributed by atoms with Gasteiger partial charge in [0.1, 0.15) is 11.2 Å². The Balaban J connectivity index is 4.83. The van der Waals surface area contributed by atoms with Gasteiger partial charge in [-0.15, -0.1) is 0 Å². The second-order valence-corrected chi connectivity index (χ2v) is 5.45. The van der Waals surface area contributed by atoms with Crippen molar-refractivity contribution in [1.29, 1.82) is 0 Å². The van der Waals surface area contributed by atoms with E-state index in [1.54, 1.807) is 41.5 Å². The molecular formula is C11H18N2O4. The van der Waals surface area contributed by atoms with E-state index in [4.69, 9.17) is 15.0 Å². The molecule has 0 heterocycles. The zero-order valence-corrected chi connectivity index (χ0v) is 11.0. The molecule has 0 aromatic heterocycles.